The van der Waals surface area contributed by atoms with Crippen LogP contribution in [0.1, 0.15) is 26.7 Å². The van der Waals surface area contributed by atoms with Crippen LogP contribution in [0.3, 0.4) is 0 Å². The second kappa shape index (κ2) is 6.42. The highest BCUT2D eigenvalue weighted by Gasteiger charge is 2.09. The van der Waals surface area contributed by atoms with Crippen LogP contribution in [0.5, 0.6) is 0 Å². The molecule has 0 aliphatic rings. The van der Waals surface area contributed by atoms with Gasteiger partial charge in [0.15, 0.2) is 0 Å². The van der Waals surface area contributed by atoms with E-state index < -0.39 is 0 Å². The summed E-state index contributed by atoms with van der Waals surface area (Å²) in [6, 6.07) is 0. The summed E-state index contributed by atoms with van der Waals surface area (Å²) in [4.78, 5) is 16.2. The Morgan fingerprint density at radius 2 is 2.05 bits per heavy atom. The molecule has 0 unspecified atom stereocenters. The molecule has 0 fully saturated rings. The van der Waals surface area contributed by atoms with E-state index >= 15 is 0 Å². The van der Waals surface area contributed by atoms with Gasteiger partial charge in [-0.15, -0.1) is 0 Å². The quantitative estimate of drug-likeness (QED) is 0.871. The minimum Gasteiger partial charge on any atom is -0.354 e. The number of hydrogen-bond acceptors (Lipinski definition) is 6. The van der Waals surface area contributed by atoms with Gasteiger partial charge in [-0.25, -0.2) is 4.98 Å². The summed E-state index contributed by atoms with van der Waals surface area (Å²) < 4.78 is 1.44. The SMILES string of the molecule is CCC(CC)CNc1nc(Cl)nc(-n2cncn2)n1. The summed E-state index contributed by atoms with van der Waals surface area (Å²) in [7, 11) is 0. The van der Waals surface area contributed by atoms with Crippen LogP contribution < -0.4 is 5.32 Å². The highest BCUT2D eigenvalue weighted by atomic mass is 35.5. The first-order valence-corrected chi connectivity index (χ1v) is 6.61. The van der Waals surface area contributed by atoms with Crippen molar-refractivity contribution in [2.45, 2.75) is 26.7 Å². The van der Waals surface area contributed by atoms with E-state index in [1.54, 1.807) is 0 Å². The maximum atomic E-state index is 5.89. The van der Waals surface area contributed by atoms with Crippen LogP contribution in [0.15, 0.2) is 12.7 Å². The Hall–Kier alpha value is -1.76. The smallest absolute Gasteiger partial charge is 0.258 e. The maximum Gasteiger partial charge on any atom is 0.258 e. The Morgan fingerprint density at radius 1 is 1.26 bits per heavy atom. The molecule has 1 N–H and O–H groups in total. The van der Waals surface area contributed by atoms with Gasteiger partial charge in [0.25, 0.3) is 5.95 Å². The molecule has 8 heteroatoms. The summed E-state index contributed by atoms with van der Waals surface area (Å²) in [5, 5.41) is 7.28. The van der Waals surface area contributed by atoms with Gasteiger partial charge in [0.05, 0.1) is 0 Å². The van der Waals surface area contributed by atoms with Crippen molar-refractivity contribution >= 4 is 17.5 Å². The number of rotatable bonds is 6. The molecule has 0 saturated heterocycles. The predicted octanol–water partition coefficient (Wildman–Crippen LogP) is 1.95. The number of nitrogens with one attached hydrogen (secondary N) is 1. The molecular formula is C11H16ClN7. The van der Waals surface area contributed by atoms with Gasteiger partial charge in [0.2, 0.25) is 11.2 Å². The van der Waals surface area contributed by atoms with Gasteiger partial charge in [-0.3, -0.25) is 0 Å². The van der Waals surface area contributed by atoms with Crippen molar-refractivity contribution in [1.29, 1.82) is 0 Å². The van der Waals surface area contributed by atoms with Gasteiger partial charge in [-0.05, 0) is 17.5 Å². The third kappa shape index (κ3) is 3.60. The van der Waals surface area contributed by atoms with E-state index in [0.29, 0.717) is 17.8 Å². The van der Waals surface area contributed by atoms with E-state index in [1.807, 2.05) is 0 Å². The molecule has 2 aromatic heterocycles. The predicted molar refractivity (Wildman–Crippen MR) is 72.3 cm³/mol. The monoisotopic (exact) mass is 281 g/mol. The van der Waals surface area contributed by atoms with Gasteiger partial charge in [-0.2, -0.15) is 24.7 Å². The topological polar surface area (TPSA) is 81.4 Å². The van der Waals surface area contributed by atoms with E-state index in [0.717, 1.165) is 19.4 Å². The summed E-state index contributed by atoms with van der Waals surface area (Å²) >= 11 is 5.89. The first kappa shape index (κ1) is 13.7. The Bertz CT molecular complexity index is 510. The van der Waals surface area contributed by atoms with Crippen molar-refractivity contribution in [2.24, 2.45) is 5.92 Å². The zero-order valence-electron chi connectivity index (χ0n) is 10.9. The third-order valence-corrected chi connectivity index (χ3v) is 3.09. The maximum absolute atomic E-state index is 5.89. The van der Waals surface area contributed by atoms with E-state index in [1.165, 1.54) is 17.3 Å². The third-order valence-electron chi connectivity index (χ3n) is 2.92. The lowest BCUT2D eigenvalue weighted by molar-refractivity contribution is 0.517. The lowest BCUT2D eigenvalue weighted by atomic mass is 10.0. The molecule has 2 aromatic rings. The molecule has 0 saturated carbocycles. The highest BCUT2D eigenvalue weighted by Crippen LogP contribution is 2.11. The molecule has 19 heavy (non-hydrogen) atoms. The average molecular weight is 282 g/mol. The molecule has 0 bridgehead atoms. The fourth-order valence-corrected chi connectivity index (χ4v) is 1.80. The first-order valence-electron chi connectivity index (χ1n) is 6.23. The summed E-state index contributed by atoms with van der Waals surface area (Å²) in [6.07, 6.45) is 5.14. The Morgan fingerprint density at radius 3 is 2.68 bits per heavy atom. The fourth-order valence-electron chi connectivity index (χ4n) is 1.65. The lowest BCUT2D eigenvalue weighted by Crippen LogP contribution is -2.16. The second-order valence-corrected chi connectivity index (χ2v) is 4.47. The molecule has 0 atom stereocenters. The Kier molecular flexibility index (Phi) is 4.62. The summed E-state index contributed by atoms with van der Waals surface area (Å²) in [5.41, 5.74) is 0. The van der Waals surface area contributed by atoms with Crippen LogP contribution in [-0.2, 0) is 0 Å². The van der Waals surface area contributed by atoms with Crippen molar-refractivity contribution in [2.75, 3.05) is 11.9 Å². The minimum absolute atomic E-state index is 0.132. The van der Waals surface area contributed by atoms with Crippen molar-refractivity contribution in [3.8, 4) is 5.95 Å². The normalized spacial score (nSPS) is 10.9. The minimum atomic E-state index is 0.132. The van der Waals surface area contributed by atoms with Crippen LogP contribution in [0.25, 0.3) is 5.95 Å². The van der Waals surface area contributed by atoms with Gasteiger partial charge in [0.1, 0.15) is 12.7 Å². The first-order chi connectivity index (χ1) is 9.22. The summed E-state index contributed by atoms with van der Waals surface area (Å²) in [6.45, 7) is 5.14. The number of nitrogens with zero attached hydrogens (tertiary/aromatic N) is 6. The van der Waals surface area contributed by atoms with Crippen molar-refractivity contribution in [3.63, 3.8) is 0 Å². The van der Waals surface area contributed by atoms with Crippen molar-refractivity contribution < 1.29 is 0 Å². The molecular weight excluding hydrogens is 266 g/mol. The van der Waals surface area contributed by atoms with E-state index in [2.05, 4.69) is 44.2 Å². The van der Waals surface area contributed by atoms with E-state index in [-0.39, 0.29) is 5.28 Å². The summed E-state index contributed by atoms with van der Waals surface area (Å²) in [5.74, 6) is 1.40. The Balaban J connectivity index is 2.13. The van der Waals surface area contributed by atoms with Crippen LogP contribution in [0.4, 0.5) is 5.95 Å². The zero-order chi connectivity index (χ0) is 13.7. The van der Waals surface area contributed by atoms with Crippen LogP contribution in [-0.4, -0.2) is 36.3 Å². The second-order valence-electron chi connectivity index (χ2n) is 4.13. The average Bonchev–Trinajstić information content (AvgIpc) is 2.93. The van der Waals surface area contributed by atoms with Gasteiger partial charge < -0.3 is 5.32 Å². The lowest BCUT2D eigenvalue weighted by Gasteiger charge is -2.13. The van der Waals surface area contributed by atoms with Gasteiger partial charge in [0, 0.05) is 6.54 Å². The van der Waals surface area contributed by atoms with Gasteiger partial charge >= 0.3 is 0 Å². The molecule has 2 rings (SSSR count). The Labute approximate surface area is 116 Å². The number of aromatic nitrogens is 6. The standard InChI is InChI=1S/C11H16ClN7/c1-3-8(4-2)5-14-10-16-9(12)17-11(18-10)19-7-13-6-15-19/h6-8H,3-5H2,1-2H3,(H,14,16,17,18). The molecule has 7 nitrogen and oxygen atoms in total. The molecule has 0 aliphatic heterocycles. The molecule has 0 amide bonds. The number of hydrogen-bond donors (Lipinski definition) is 1. The molecule has 0 aromatic carbocycles. The molecule has 0 spiro atoms. The van der Waals surface area contributed by atoms with Crippen molar-refractivity contribution in [3.05, 3.63) is 17.9 Å². The van der Waals surface area contributed by atoms with E-state index in [4.69, 9.17) is 11.6 Å². The molecule has 0 radical (unpaired) electrons. The molecule has 102 valence electrons. The van der Waals surface area contributed by atoms with E-state index in [9.17, 15) is 0 Å². The number of halogens is 1. The van der Waals surface area contributed by atoms with Gasteiger partial charge in [-0.1, -0.05) is 26.7 Å². The van der Waals surface area contributed by atoms with Crippen molar-refractivity contribution in [1.82, 2.24) is 29.7 Å². The highest BCUT2D eigenvalue weighted by molar-refractivity contribution is 6.28. The number of anilines is 1. The molecule has 0 aliphatic carbocycles. The molecule has 2 heterocycles. The van der Waals surface area contributed by atoms with Crippen LogP contribution in [0.2, 0.25) is 5.28 Å². The largest absolute Gasteiger partial charge is 0.354 e. The fraction of sp³-hybridized carbons (Fsp3) is 0.545. The zero-order valence-corrected chi connectivity index (χ0v) is 11.7. The van der Waals surface area contributed by atoms with Crippen LogP contribution in [0, 0.1) is 5.92 Å². The van der Waals surface area contributed by atoms with Crippen LogP contribution >= 0.6 is 11.6 Å².